The van der Waals surface area contributed by atoms with Crippen LogP contribution in [0.2, 0.25) is 0 Å². The molecule has 34 heavy (non-hydrogen) atoms. The average molecular weight is 460 g/mol. The summed E-state index contributed by atoms with van der Waals surface area (Å²) in [6.45, 7) is 5.45. The molecule has 1 aliphatic rings. The predicted molar refractivity (Wildman–Crippen MR) is 133 cm³/mol. The number of aromatic nitrogens is 1. The number of hydrogen-bond donors (Lipinski definition) is 0. The first-order valence-corrected chi connectivity index (χ1v) is 11.5. The number of nitro groups is 1. The average Bonchev–Trinajstić information content (AvgIpc) is 2.88. The van der Waals surface area contributed by atoms with Gasteiger partial charge >= 0.3 is 5.69 Å². The molecule has 0 unspecified atom stereocenters. The molecule has 0 bridgehead atoms. The highest BCUT2D eigenvalue weighted by molar-refractivity contribution is 6.12. The first-order chi connectivity index (χ1) is 16.5. The second kappa shape index (κ2) is 11.0. The van der Waals surface area contributed by atoms with E-state index in [1.54, 1.807) is 30.5 Å². The monoisotopic (exact) mass is 459 g/mol. The largest absolute Gasteiger partial charge is 0.320 e. The highest BCUT2D eigenvalue weighted by Crippen LogP contribution is 2.34. The Morgan fingerprint density at radius 1 is 1.00 bits per heavy atom. The standard InChI is InChI=1S/C26H29N5O3/c1-28-17-19-29(20-18-28)15-8-16-30(26-24(31(33)34)13-7-14-27-26)23-12-6-5-11-22(23)25(32)21-9-3-2-4-10-21/h2-7,9-14H,8,15-20H2,1H3. The maximum absolute atomic E-state index is 13.4. The number of hydrogen-bond acceptors (Lipinski definition) is 7. The number of rotatable bonds is 9. The summed E-state index contributed by atoms with van der Waals surface area (Å²) in [5.41, 5.74) is 1.61. The SMILES string of the molecule is CN1CCN(CCCN(c2ccccc2C(=O)c2ccccc2)c2ncccc2[N+](=O)[O-])CC1. The third kappa shape index (κ3) is 5.47. The predicted octanol–water partition coefficient (Wildman–Crippen LogP) is 4.00. The van der Waals surface area contributed by atoms with Crippen molar-refractivity contribution in [2.24, 2.45) is 0 Å². The first-order valence-electron chi connectivity index (χ1n) is 11.5. The summed E-state index contributed by atoms with van der Waals surface area (Å²) in [6, 6.07) is 19.4. The van der Waals surface area contributed by atoms with Gasteiger partial charge in [0.1, 0.15) is 0 Å². The van der Waals surface area contributed by atoms with E-state index in [1.165, 1.54) is 6.07 Å². The van der Waals surface area contributed by atoms with Crippen molar-refractivity contribution in [1.29, 1.82) is 0 Å². The van der Waals surface area contributed by atoms with E-state index in [1.807, 2.05) is 41.3 Å². The number of para-hydroxylation sites is 1. The van der Waals surface area contributed by atoms with Crippen LogP contribution in [0.5, 0.6) is 0 Å². The summed E-state index contributed by atoms with van der Waals surface area (Å²) < 4.78 is 0. The molecule has 4 rings (SSSR count). The Balaban J connectivity index is 1.66. The molecule has 0 amide bonds. The van der Waals surface area contributed by atoms with Crippen LogP contribution in [0, 0.1) is 10.1 Å². The van der Waals surface area contributed by atoms with Gasteiger partial charge in [-0.05, 0) is 38.2 Å². The summed E-state index contributed by atoms with van der Waals surface area (Å²) in [6.07, 6.45) is 2.34. The lowest BCUT2D eigenvalue weighted by Gasteiger charge is -2.33. The van der Waals surface area contributed by atoms with E-state index in [0.29, 0.717) is 23.4 Å². The van der Waals surface area contributed by atoms with Gasteiger partial charge in [0.25, 0.3) is 0 Å². The lowest BCUT2D eigenvalue weighted by molar-refractivity contribution is -0.384. The maximum atomic E-state index is 13.4. The van der Waals surface area contributed by atoms with Crippen molar-refractivity contribution in [3.05, 3.63) is 94.2 Å². The van der Waals surface area contributed by atoms with E-state index in [9.17, 15) is 14.9 Å². The molecule has 0 atom stereocenters. The summed E-state index contributed by atoms with van der Waals surface area (Å²) in [5.74, 6) is 0.123. The molecule has 0 N–H and O–H groups in total. The van der Waals surface area contributed by atoms with Crippen LogP contribution >= 0.6 is 0 Å². The number of piperazine rings is 1. The minimum Gasteiger partial charge on any atom is -0.320 e. The molecular formula is C26H29N5O3. The van der Waals surface area contributed by atoms with Crippen molar-refractivity contribution < 1.29 is 9.72 Å². The van der Waals surface area contributed by atoms with Crippen LogP contribution in [-0.2, 0) is 0 Å². The summed E-state index contributed by atoms with van der Waals surface area (Å²) in [4.78, 5) is 35.7. The molecule has 2 aromatic carbocycles. The number of carbonyl (C=O) groups is 1. The van der Waals surface area contributed by atoms with Crippen molar-refractivity contribution in [2.75, 3.05) is 51.2 Å². The van der Waals surface area contributed by atoms with E-state index in [0.717, 1.165) is 39.1 Å². The van der Waals surface area contributed by atoms with Crippen LogP contribution in [0.4, 0.5) is 17.2 Å². The van der Waals surface area contributed by atoms with Gasteiger partial charge in [-0.2, -0.15) is 0 Å². The van der Waals surface area contributed by atoms with E-state index in [2.05, 4.69) is 21.8 Å². The Bertz CT molecular complexity index is 1130. The van der Waals surface area contributed by atoms with E-state index >= 15 is 0 Å². The van der Waals surface area contributed by atoms with E-state index < -0.39 is 4.92 Å². The topological polar surface area (TPSA) is 82.8 Å². The Labute approximate surface area is 199 Å². The van der Waals surface area contributed by atoms with Gasteiger partial charge in [-0.25, -0.2) is 4.98 Å². The molecule has 0 aliphatic carbocycles. The van der Waals surface area contributed by atoms with Gasteiger partial charge < -0.3 is 14.7 Å². The number of pyridine rings is 1. The molecular weight excluding hydrogens is 430 g/mol. The number of ketones is 1. The Morgan fingerprint density at radius 2 is 1.71 bits per heavy atom. The molecule has 2 heterocycles. The minimum atomic E-state index is -0.419. The number of carbonyl (C=O) groups excluding carboxylic acids is 1. The molecule has 1 aliphatic heterocycles. The highest BCUT2D eigenvalue weighted by atomic mass is 16.6. The zero-order chi connectivity index (χ0) is 23.9. The smallest absolute Gasteiger partial charge is 0.311 e. The molecule has 0 saturated carbocycles. The molecule has 1 fully saturated rings. The van der Waals surface area contributed by atoms with Gasteiger partial charge in [-0.3, -0.25) is 14.9 Å². The van der Waals surface area contributed by atoms with Crippen LogP contribution in [-0.4, -0.2) is 71.8 Å². The van der Waals surface area contributed by atoms with Crippen LogP contribution in [0.25, 0.3) is 0 Å². The number of nitrogens with zero attached hydrogens (tertiary/aromatic N) is 5. The van der Waals surface area contributed by atoms with E-state index in [-0.39, 0.29) is 17.3 Å². The molecule has 3 aromatic rings. The fraction of sp³-hybridized carbons (Fsp3) is 0.308. The van der Waals surface area contributed by atoms with Crippen molar-refractivity contribution in [3.8, 4) is 0 Å². The first kappa shape index (κ1) is 23.5. The van der Waals surface area contributed by atoms with E-state index in [4.69, 9.17) is 0 Å². The molecule has 0 spiro atoms. The van der Waals surface area contributed by atoms with Crippen molar-refractivity contribution >= 4 is 23.0 Å². The van der Waals surface area contributed by atoms with Crippen molar-refractivity contribution in [3.63, 3.8) is 0 Å². The third-order valence-corrected chi connectivity index (χ3v) is 6.15. The lowest BCUT2D eigenvalue weighted by atomic mass is 10.0. The van der Waals surface area contributed by atoms with Crippen molar-refractivity contribution in [2.45, 2.75) is 6.42 Å². The number of benzene rings is 2. The van der Waals surface area contributed by atoms with Gasteiger partial charge in [0, 0.05) is 56.1 Å². The highest BCUT2D eigenvalue weighted by Gasteiger charge is 2.26. The zero-order valence-corrected chi connectivity index (χ0v) is 19.3. The van der Waals surface area contributed by atoms with Gasteiger partial charge in [-0.15, -0.1) is 0 Å². The normalized spacial score (nSPS) is 14.6. The van der Waals surface area contributed by atoms with Gasteiger partial charge in [0.2, 0.25) is 5.82 Å². The second-order valence-electron chi connectivity index (χ2n) is 8.47. The van der Waals surface area contributed by atoms with Crippen molar-refractivity contribution in [1.82, 2.24) is 14.8 Å². The molecule has 1 aromatic heterocycles. The summed E-state index contributed by atoms with van der Waals surface area (Å²) in [7, 11) is 2.12. The number of anilines is 2. The van der Waals surface area contributed by atoms with Crippen LogP contribution < -0.4 is 4.90 Å². The zero-order valence-electron chi connectivity index (χ0n) is 19.3. The minimum absolute atomic E-state index is 0.0796. The molecule has 1 saturated heterocycles. The summed E-state index contributed by atoms with van der Waals surface area (Å²) in [5, 5.41) is 11.8. The molecule has 8 nitrogen and oxygen atoms in total. The second-order valence-corrected chi connectivity index (χ2v) is 8.47. The Hall–Kier alpha value is -3.62. The van der Waals surface area contributed by atoms with Crippen LogP contribution in [0.3, 0.4) is 0 Å². The fourth-order valence-corrected chi connectivity index (χ4v) is 4.25. The molecule has 176 valence electrons. The molecule has 0 radical (unpaired) electrons. The fourth-order valence-electron chi connectivity index (χ4n) is 4.25. The van der Waals surface area contributed by atoms with Crippen LogP contribution in [0.1, 0.15) is 22.3 Å². The lowest BCUT2D eigenvalue weighted by Crippen LogP contribution is -2.45. The maximum Gasteiger partial charge on any atom is 0.311 e. The molecule has 8 heteroatoms. The summed E-state index contributed by atoms with van der Waals surface area (Å²) >= 11 is 0. The Morgan fingerprint density at radius 3 is 2.44 bits per heavy atom. The van der Waals surface area contributed by atoms with Gasteiger partial charge in [0.05, 0.1) is 10.6 Å². The quantitative estimate of drug-likeness (QED) is 0.272. The third-order valence-electron chi connectivity index (χ3n) is 6.15. The van der Waals surface area contributed by atoms with Crippen LogP contribution in [0.15, 0.2) is 72.9 Å². The van der Waals surface area contributed by atoms with Gasteiger partial charge in [-0.1, -0.05) is 42.5 Å². The van der Waals surface area contributed by atoms with Gasteiger partial charge in [0.15, 0.2) is 5.78 Å². The number of likely N-dealkylation sites (N-methyl/N-ethyl adjacent to an activating group) is 1. The Kier molecular flexibility index (Phi) is 7.61.